The largest absolute Gasteiger partial charge is 0.324 e. The van der Waals surface area contributed by atoms with Crippen LogP contribution in [0.3, 0.4) is 0 Å². The zero-order valence-corrected chi connectivity index (χ0v) is 13.9. The number of urea groups is 1. The summed E-state index contributed by atoms with van der Waals surface area (Å²) in [6.07, 6.45) is 0. The maximum Gasteiger partial charge on any atom is 0.324 e. The topological polar surface area (TPSA) is 74.3 Å². The Hall–Kier alpha value is -3.00. The predicted molar refractivity (Wildman–Crippen MR) is 94.3 cm³/mol. The van der Waals surface area contributed by atoms with Gasteiger partial charge in [0.25, 0.3) is 5.91 Å². The third-order valence-corrected chi connectivity index (χ3v) is 5.10. The molecule has 126 valence electrons. The molecule has 1 aliphatic heterocycles. The van der Waals surface area contributed by atoms with Gasteiger partial charge in [0.1, 0.15) is 11.9 Å². The Bertz CT molecular complexity index is 970. The number of carbonyl (C=O) groups excluding carboxylic acids is 2. The summed E-state index contributed by atoms with van der Waals surface area (Å²) in [5, 5.41) is 5.77. The molecule has 1 aliphatic rings. The Morgan fingerprint density at radius 3 is 2.92 bits per heavy atom. The van der Waals surface area contributed by atoms with E-state index < -0.39 is 23.8 Å². The lowest BCUT2D eigenvalue weighted by molar-refractivity contribution is -0.117. The van der Waals surface area contributed by atoms with Gasteiger partial charge in [-0.05, 0) is 30.3 Å². The molecular formula is C17H13FN4O2S. The number of thiazole rings is 1. The van der Waals surface area contributed by atoms with E-state index in [-0.39, 0.29) is 0 Å². The van der Waals surface area contributed by atoms with E-state index in [9.17, 15) is 14.0 Å². The molecule has 0 radical (unpaired) electrons. The molecule has 1 aromatic heterocycles. The molecule has 8 heteroatoms. The Labute approximate surface area is 146 Å². The van der Waals surface area contributed by atoms with Gasteiger partial charge in [0, 0.05) is 18.3 Å². The number of rotatable bonds is 2. The molecule has 25 heavy (non-hydrogen) atoms. The fourth-order valence-electron chi connectivity index (χ4n) is 2.69. The minimum atomic E-state index is -0.935. The fraction of sp³-hybridized carbons (Fsp3) is 0.118. The van der Waals surface area contributed by atoms with Gasteiger partial charge in [-0.2, -0.15) is 0 Å². The predicted octanol–water partition coefficient (Wildman–Crippen LogP) is 3.27. The summed E-state index contributed by atoms with van der Waals surface area (Å²) >= 11 is 1.37. The van der Waals surface area contributed by atoms with Crippen LogP contribution in [0.2, 0.25) is 0 Å². The first-order valence-corrected chi connectivity index (χ1v) is 8.35. The van der Waals surface area contributed by atoms with E-state index in [4.69, 9.17) is 0 Å². The molecule has 3 aromatic rings. The first-order chi connectivity index (χ1) is 12.0. The number of benzene rings is 2. The first-order valence-electron chi connectivity index (χ1n) is 7.53. The highest BCUT2D eigenvalue weighted by molar-refractivity contribution is 7.22. The molecule has 0 saturated carbocycles. The Balaban J connectivity index is 1.57. The lowest BCUT2D eigenvalue weighted by Crippen LogP contribution is -2.41. The van der Waals surface area contributed by atoms with Crippen molar-refractivity contribution in [3.63, 3.8) is 0 Å². The molecule has 1 unspecified atom stereocenters. The van der Waals surface area contributed by atoms with Crippen molar-refractivity contribution in [3.8, 4) is 0 Å². The molecule has 6 nitrogen and oxygen atoms in total. The number of amides is 3. The van der Waals surface area contributed by atoms with Crippen LogP contribution in [0.25, 0.3) is 10.2 Å². The molecule has 0 fully saturated rings. The van der Waals surface area contributed by atoms with Crippen LogP contribution < -0.4 is 15.5 Å². The number of hydrogen-bond donors (Lipinski definition) is 2. The lowest BCUT2D eigenvalue weighted by atomic mass is 10.1. The van der Waals surface area contributed by atoms with E-state index >= 15 is 0 Å². The normalized spacial score (nSPS) is 15.8. The van der Waals surface area contributed by atoms with Gasteiger partial charge >= 0.3 is 6.03 Å². The highest BCUT2D eigenvalue weighted by Crippen LogP contribution is 2.32. The second kappa shape index (κ2) is 5.82. The molecule has 2 heterocycles. The third kappa shape index (κ3) is 2.70. The maximum absolute atomic E-state index is 13.5. The summed E-state index contributed by atoms with van der Waals surface area (Å²) in [5.41, 5.74) is 1.71. The van der Waals surface area contributed by atoms with Crippen molar-refractivity contribution in [2.75, 3.05) is 17.3 Å². The smallest absolute Gasteiger partial charge is 0.324 e. The van der Waals surface area contributed by atoms with Gasteiger partial charge in [-0.1, -0.05) is 23.5 Å². The van der Waals surface area contributed by atoms with Crippen LogP contribution in [0.1, 0.15) is 11.6 Å². The number of halogens is 1. The van der Waals surface area contributed by atoms with E-state index in [1.54, 1.807) is 7.05 Å². The van der Waals surface area contributed by atoms with E-state index in [2.05, 4.69) is 15.6 Å². The maximum atomic E-state index is 13.5. The van der Waals surface area contributed by atoms with Crippen molar-refractivity contribution in [1.29, 1.82) is 0 Å². The van der Waals surface area contributed by atoms with Gasteiger partial charge in [0.05, 0.1) is 10.2 Å². The molecule has 0 bridgehead atoms. The summed E-state index contributed by atoms with van der Waals surface area (Å²) in [4.78, 5) is 30.4. The average Bonchev–Trinajstić information content (AvgIpc) is 3.16. The third-order valence-electron chi connectivity index (χ3n) is 3.99. The monoisotopic (exact) mass is 356 g/mol. The molecular weight excluding hydrogens is 343 g/mol. The molecule has 3 amide bonds. The Kier molecular flexibility index (Phi) is 3.61. The SMILES string of the molecule is CN(C(=O)NC1C(=O)Nc2ccc(F)cc21)c1nc2ccccc2s1. The first kappa shape index (κ1) is 15.5. The fourth-order valence-corrected chi connectivity index (χ4v) is 3.61. The van der Waals surface area contributed by atoms with Crippen molar-refractivity contribution < 1.29 is 14.0 Å². The summed E-state index contributed by atoms with van der Waals surface area (Å²) in [6.45, 7) is 0. The van der Waals surface area contributed by atoms with Crippen molar-refractivity contribution in [1.82, 2.24) is 10.3 Å². The van der Waals surface area contributed by atoms with Crippen LogP contribution in [0, 0.1) is 5.82 Å². The van der Waals surface area contributed by atoms with Gasteiger partial charge in [-0.15, -0.1) is 0 Å². The zero-order chi connectivity index (χ0) is 17.6. The van der Waals surface area contributed by atoms with Crippen LogP contribution in [-0.4, -0.2) is 24.0 Å². The van der Waals surface area contributed by atoms with Gasteiger partial charge < -0.3 is 10.6 Å². The Morgan fingerprint density at radius 1 is 1.32 bits per heavy atom. The highest BCUT2D eigenvalue weighted by Gasteiger charge is 2.33. The van der Waals surface area contributed by atoms with Crippen LogP contribution in [0.4, 0.5) is 20.0 Å². The lowest BCUT2D eigenvalue weighted by Gasteiger charge is -2.18. The number of nitrogens with zero attached hydrogens (tertiary/aromatic N) is 2. The summed E-state index contributed by atoms with van der Waals surface area (Å²) in [5.74, 6) is -0.860. The average molecular weight is 356 g/mol. The number of hydrogen-bond acceptors (Lipinski definition) is 4. The Morgan fingerprint density at radius 2 is 2.12 bits per heavy atom. The minimum Gasteiger partial charge on any atom is -0.324 e. The number of nitrogens with one attached hydrogen (secondary N) is 2. The number of aromatic nitrogens is 1. The summed E-state index contributed by atoms with van der Waals surface area (Å²) < 4.78 is 14.4. The molecule has 2 aromatic carbocycles. The molecule has 0 aliphatic carbocycles. The standard InChI is InChI=1S/C17H13FN4O2S/c1-22(17-20-12-4-2-3-5-13(12)25-17)16(24)21-14-10-8-9(18)6-7-11(10)19-15(14)23/h2-8,14H,1H3,(H,19,23)(H,21,24). The van der Waals surface area contributed by atoms with E-state index in [1.165, 1.54) is 34.4 Å². The van der Waals surface area contributed by atoms with Crippen LogP contribution >= 0.6 is 11.3 Å². The zero-order valence-electron chi connectivity index (χ0n) is 13.1. The molecule has 0 saturated heterocycles. The highest BCUT2D eigenvalue weighted by atomic mass is 32.1. The van der Waals surface area contributed by atoms with Crippen molar-refractivity contribution in [3.05, 3.63) is 53.8 Å². The summed E-state index contributed by atoms with van der Waals surface area (Å²) in [6, 6.07) is 10.1. The second-order valence-electron chi connectivity index (χ2n) is 5.63. The molecule has 4 rings (SSSR count). The van der Waals surface area contributed by atoms with Gasteiger partial charge in [-0.3, -0.25) is 9.69 Å². The quantitative estimate of drug-likeness (QED) is 0.740. The number of carbonyl (C=O) groups is 2. The number of fused-ring (bicyclic) bond motifs is 2. The summed E-state index contributed by atoms with van der Waals surface area (Å²) in [7, 11) is 1.58. The van der Waals surface area contributed by atoms with Gasteiger partial charge in [-0.25, -0.2) is 14.2 Å². The van der Waals surface area contributed by atoms with Crippen LogP contribution in [0.15, 0.2) is 42.5 Å². The van der Waals surface area contributed by atoms with Crippen LogP contribution in [-0.2, 0) is 4.79 Å². The molecule has 2 N–H and O–H groups in total. The van der Waals surface area contributed by atoms with E-state index in [0.29, 0.717) is 16.4 Å². The second-order valence-corrected chi connectivity index (χ2v) is 6.64. The van der Waals surface area contributed by atoms with Crippen molar-refractivity contribution in [2.45, 2.75) is 6.04 Å². The molecule has 1 atom stereocenters. The van der Waals surface area contributed by atoms with Crippen LogP contribution in [0.5, 0.6) is 0 Å². The van der Waals surface area contributed by atoms with E-state index in [1.807, 2.05) is 24.3 Å². The molecule has 0 spiro atoms. The number of para-hydroxylation sites is 1. The number of anilines is 2. The van der Waals surface area contributed by atoms with Gasteiger partial charge in [0.2, 0.25) is 0 Å². The van der Waals surface area contributed by atoms with Crippen molar-refractivity contribution >= 4 is 44.3 Å². The van der Waals surface area contributed by atoms with Crippen molar-refractivity contribution in [2.24, 2.45) is 0 Å². The minimum absolute atomic E-state index is 0.397. The van der Waals surface area contributed by atoms with E-state index in [0.717, 1.165) is 10.2 Å². The van der Waals surface area contributed by atoms with Gasteiger partial charge in [0.15, 0.2) is 5.13 Å².